The van der Waals surface area contributed by atoms with Gasteiger partial charge >= 0.3 is 0 Å². The van der Waals surface area contributed by atoms with Gasteiger partial charge in [-0.05, 0) is 66.9 Å². The Morgan fingerprint density at radius 3 is 2.70 bits per heavy atom. The number of nitrogens with zero attached hydrogens (tertiary/aromatic N) is 3. The maximum absolute atomic E-state index is 13.4. The number of fused-ring (bicyclic) bond motifs is 1. The average molecular weight is 445 g/mol. The highest BCUT2D eigenvalue weighted by Gasteiger charge is 2.13. The predicted octanol–water partition coefficient (Wildman–Crippen LogP) is 2.49. The normalized spacial score (nSPS) is 11.3. The molecule has 0 atom stereocenters. The number of pyridine rings is 1. The first-order valence-corrected chi connectivity index (χ1v) is 10.8. The maximum atomic E-state index is 13.4. The van der Waals surface area contributed by atoms with Crippen molar-refractivity contribution in [2.75, 3.05) is 33.4 Å². The molecule has 0 aliphatic heterocycles. The van der Waals surface area contributed by atoms with Gasteiger partial charge in [0.25, 0.3) is 11.5 Å². The average Bonchev–Trinajstić information content (AvgIpc) is 3.25. The van der Waals surface area contributed by atoms with Gasteiger partial charge in [0, 0.05) is 36.3 Å². The Bertz CT molecular complexity index is 1370. The van der Waals surface area contributed by atoms with E-state index in [0.29, 0.717) is 23.3 Å². The highest BCUT2D eigenvalue weighted by atomic mass is 16.1. The Kier molecular flexibility index (Phi) is 6.28. The quantitative estimate of drug-likeness (QED) is 0.406. The molecule has 0 unspecified atom stereocenters. The van der Waals surface area contributed by atoms with Crippen LogP contribution in [-0.2, 0) is 13.0 Å². The van der Waals surface area contributed by atoms with Crippen molar-refractivity contribution in [2.24, 2.45) is 0 Å². The molecule has 170 valence electrons. The molecule has 0 aliphatic carbocycles. The molecule has 2 aromatic heterocycles. The van der Waals surface area contributed by atoms with E-state index in [1.807, 2.05) is 56.7 Å². The van der Waals surface area contributed by atoms with Crippen LogP contribution in [0.3, 0.4) is 0 Å². The van der Waals surface area contributed by atoms with Gasteiger partial charge < -0.3 is 20.5 Å². The van der Waals surface area contributed by atoms with Crippen LogP contribution in [0.2, 0.25) is 0 Å². The summed E-state index contributed by atoms with van der Waals surface area (Å²) >= 11 is 0. The van der Waals surface area contributed by atoms with E-state index in [1.54, 1.807) is 23.9 Å². The van der Waals surface area contributed by atoms with E-state index in [4.69, 9.17) is 5.73 Å². The second-order valence-corrected chi connectivity index (χ2v) is 8.38. The molecule has 0 saturated heterocycles. The summed E-state index contributed by atoms with van der Waals surface area (Å²) in [5.74, 6) is 0.342. The number of amides is 1. The predicted molar refractivity (Wildman–Crippen MR) is 131 cm³/mol. The van der Waals surface area contributed by atoms with E-state index in [1.165, 1.54) is 0 Å². The maximum Gasteiger partial charge on any atom is 0.258 e. The number of benzene rings is 2. The first-order valence-electron chi connectivity index (χ1n) is 10.8. The van der Waals surface area contributed by atoms with Crippen molar-refractivity contribution in [3.8, 4) is 11.1 Å². The topological polar surface area (TPSA) is 109 Å². The molecule has 4 rings (SSSR count). The van der Waals surface area contributed by atoms with Crippen LogP contribution in [0.25, 0.3) is 21.9 Å². The summed E-state index contributed by atoms with van der Waals surface area (Å²) in [5.41, 5.74) is 10.2. The molecule has 0 fully saturated rings. The van der Waals surface area contributed by atoms with Crippen LogP contribution in [-0.4, -0.2) is 53.3 Å². The molecule has 0 saturated carbocycles. The summed E-state index contributed by atoms with van der Waals surface area (Å²) in [4.78, 5) is 27.5. The zero-order valence-corrected chi connectivity index (χ0v) is 19.1. The van der Waals surface area contributed by atoms with Crippen LogP contribution >= 0.6 is 0 Å². The van der Waals surface area contributed by atoms with Crippen molar-refractivity contribution in [3.05, 3.63) is 81.9 Å². The van der Waals surface area contributed by atoms with Gasteiger partial charge in [-0.25, -0.2) is 0 Å². The number of aromatic nitrogens is 3. The fourth-order valence-corrected chi connectivity index (χ4v) is 3.97. The highest BCUT2D eigenvalue weighted by Crippen LogP contribution is 2.28. The molecule has 0 radical (unpaired) electrons. The lowest BCUT2D eigenvalue weighted by Gasteiger charge is -2.16. The fourth-order valence-electron chi connectivity index (χ4n) is 3.97. The number of rotatable bonds is 7. The number of nitrogen functional groups attached to an aromatic ring is 1. The minimum atomic E-state index is -0.152. The number of nitrogens with one attached hydrogen (secondary N) is 2. The number of likely N-dealkylation sites (N-methyl/N-ethyl adjacent to an activating group) is 1. The summed E-state index contributed by atoms with van der Waals surface area (Å²) in [6.45, 7) is 1.22. The van der Waals surface area contributed by atoms with Gasteiger partial charge in [0.05, 0.1) is 12.7 Å². The summed E-state index contributed by atoms with van der Waals surface area (Å²) in [6, 6.07) is 13.1. The Hall–Kier alpha value is -3.91. The minimum absolute atomic E-state index is 0.0735. The van der Waals surface area contributed by atoms with E-state index < -0.39 is 0 Å². The van der Waals surface area contributed by atoms with Crippen LogP contribution in [0.15, 0.2) is 59.7 Å². The van der Waals surface area contributed by atoms with Crippen LogP contribution in [0.5, 0.6) is 0 Å². The molecule has 1 amide bonds. The number of anilines is 1. The summed E-state index contributed by atoms with van der Waals surface area (Å²) < 4.78 is 1.72. The Morgan fingerprint density at radius 1 is 1.18 bits per heavy atom. The molecule has 4 N–H and O–H groups in total. The summed E-state index contributed by atoms with van der Waals surface area (Å²) in [7, 11) is 5.66. The third-order valence-electron chi connectivity index (χ3n) is 5.75. The molecule has 4 aromatic rings. The number of nitrogens with two attached hydrogens (primary N) is 1. The second kappa shape index (κ2) is 9.30. The second-order valence-electron chi connectivity index (χ2n) is 8.38. The molecule has 8 heteroatoms. The lowest BCUT2D eigenvalue weighted by atomic mass is 9.99. The zero-order valence-electron chi connectivity index (χ0n) is 19.1. The zero-order chi connectivity index (χ0) is 23.5. The number of carbonyl (C=O) groups excluding carboxylic acids is 1. The fraction of sp³-hybridized carbons (Fsp3) is 0.240. The SMILES string of the molecule is CNC(=O)c1cccc(Cn2cc(CCN(C)C)c3cc(-c4cn[nH]c4N)ccc3c2=O)c1. The standard InChI is InChI=1S/C25H28N6O2/c1-27-24(32)18-6-4-5-16(11-18)14-31-15-19(9-10-30(2)3)21-12-17(7-8-20(21)25(31)33)22-13-28-29-23(22)26/h4-8,11-13,15H,9-10,14H2,1-3H3,(H,27,32)(H3,26,28,29). The number of H-pyrrole nitrogens is 1. The van der Waals surface area contributed by atoms with Gasteiger partial charge in [0.2, 0.25) is 0 Å². The van der Waals surface area contributed by atoms with Crippen LogP contribution in [0.1, 0.15) is 21.5 Å². The summed E-state index contributed by atoms with van der Waals surface area (Å²) in [5, 5.41) is 11.0. The van der Waals surface area contributed by atoms with Gasteiger partial charge in [-0.1, -0.05) is 18.2 Å². The van der Waals surface area contributed by atoms with E-state index in [0.717, 1.165) is 40.6 Å². The van der Waals surface area contributed by atoms with E-state index >= 15 is 0 Å². The molecule has 33 heavy (non-hydrogen) atoms. The van der Waals surface area contributed by atoms with Gasteiger partial charge in [-0.2, -0.15) is 5.10 Å². The largest absolute Gasteiger partial charge is 0.384 e. The lowest BCUT2D eigenvalue weighted by Crippen LogP contribution is -2.23. The summed E-state index contributed by atoms with van der Waals surface area (Å²) in [6.07, 6.45) is 4.41. The van der Waals surface area contributed by atoms with Crippen LogP contribution in [0, 0.1) is 0 Å². The van der Waals surface area contributed by atoms with E-state index in [9.17, 15) is 9.59 Å². The molecule has 2 aromatic carbocycles. The third kappa shape index (κ3) is 4.65. The van der Waals surface area contributed by atoms with Gasteiger partial charge in [0.1, 0.15) is 5.82 Å². The van der Waals surface area contributed by atoms with Gasteiger partial charge in [-0.15, -0.1) is 0 Å². The van der Waals surface area contributed by atoms with E-state index in [-0.39, 0.29) is 11.5 Å². The lowest BCUT2D eigenvalue weighted by molar-refractivity contribution is 0.0963. The van der Waals surface area contributed by atoms with Crippen LogP contribution in [0.4, 0.5) is 5.82 Å². The first kappa shape index (κ1) is 22.3. The number of aromatic amines is 1. The number of carbonyl (C=O) groups is 1. The van der Waals surface area contributed by atoms with Crippen molar-refractivity contribution >= 4 is 22.5 Å². The Labute approximate surface area is 192 Å². The van der Waals surface area contributed by atoms with Gasteiger partial charge in [-0.3, -0.25) is 14.7 Å². The van der Waals surface area contributed by atoms with Crippen molar-refractivity contribution < 1.29 is 4.79 Å². The molecular weight excluding hydrogens is 416 g/mol. The highest BCUT2D eigenvalue weighted by molar-refractivity contribution is 5.94. The minimum Gasteiger partial charge on any atom is -0.384 e. The number of hydrogen-bond donors (Lipinski definition) is 3. The van der Waals surface area contributed by atoms with Crippen molar-refractivity contribution in [2.45, 2.75) is 13.0 Å². The van der Waals surface area contributed by atoms with Crippen molar-refractivity contribution in [1.82, 2.24) is 25.0 Å². The molecular formula is C25H28N6O2. The van der Waals surface area contributed by atoms with E-state index in [2.05, 4.69) is 20.4 Å². The Morgan fingerprint density at radius 2 is 2.00 bits per heavy atom. The third-order valence-corrected chi connectivity index (χ3v) is 5.75. The monoisotopic (exact) mass is 444 g/mol. The Balaban J connectivity index is 1.81. The molecule has 0 spiro atoms. The number of hydrogen-bond acceptors (Lipinski definition) is 5. The molecule has 2 heterocycles. The van der Waals surface area contributed by atoms with Crippen LogP contribution < -0.4 is 16.6 Å². The van der Waals surface area contributed by atoms with Crippen molar-refractivity contribution in [3.63, 3.8) is 0 Å². The molecule has 0 aliphatic rings. The molecule has 8 nitrogen and oxygen atoms in total. The molecule has 0 bridgehead atoms. The van der Waals surface area contributed by atoms with Crippen molar-refractivity contribution in [1.29, 1.82) is 0 Å². The smallest absolute Gasteiger partial charge is 0.258 e. The first-order chi connectivity index (χ1) is 15.9. The van der Waals surface area contributed by atoms with Gasteiger partial charge in [0.15, 0.2) is 0 Å².